The Bertz CT molecular complexity index is 246. The van der Waals surface area contributed by atoms with Crippen molar-refractivity contribution >= 4 is 0 Å². The molecule has 0 aliphatic carbocycles. The van der Waals surface area contributed by atoms with Gasteiger partial charge < -0.3 is 15.0 Å². The van der Waals surface area contributed by atoms with Gasteiger partial charge in [0.15, 0.2) is 0 Å². The van der Waals surface area contributed by atoms with Crippen LogP contribution >= 0.6 is 0 Å². The molecule has 0 spiro atoms. The third kappa shape index (κ3) is 3.21. The van der Waals surface area contributed by atoms with Crippen molar-refractivity contribution in [1.82, 2.24) is 10.2 Å². The van der Waals surface area contributed by atoms with Crippen molar-refractivity contribution in [1.29, 1.82) is 0 Å². The normalized spacial score (nSPS) is 39.0. The fourth-order valence-electron chi connectivity index (χ4n) is 3.73. The van der Waals surface area contributed by atoms with Crippen LogP contribution in [0.25, 0.3) is 0 Å². The van der Waals surface area contributed by atoms with Gasteiger partial charge in [-0.15, -0.1) is 0 Å². The molecule has 3 nitrogen and oxygen atoms in total. The first kappa shape index (κ1) is 13.3. The van der Waals surface area contributed by atoms with Crippen LogP contribution in [0, 0.1) is 5.92 Å². The molecule has 3 unspecified atom stereocenters. The molecule has 2 saturated heterocycles. The molecule has 0 aromatic carbocycles. The Hall–Kier alpha value is -0.120. The molecule has 2 aliphatic heterocycles. The van der Waals surface area contributed by atoms with E-state index in [1.807, 2.05) is 0 Å². The predicted molar refractivity (Wildman–Crippen MR) is 71.3 cm³/mol. The average Bonchev–Trinajstić information content (AvgIpc) is 2.87. The zero-order valence-corrected chi connectivity index (χ0v) is 11.7. The van der Waals surface area contributed by atoms with Crippen LogP contribution in [0.2, 0.25) is 0 Å². The number of likely N-dealkylation sites (tertiary alicyclic amines) is 1. The lowest BCUT2D eigenvalue weighted by Crippen LogP contribution is -2.40. The van der Waals surface area contributed by atoms with Gasteiger partial charge >= 0.3 is 0 Å². The topological polar surface area (TPSA) is 24.5 Å². The van der Waals surface area contributed by atoms with Gasteiger partial charge in [0.05, 0.1) is 6.61 Å². The van der Waals surface area contributed by atoms with Crippen molar-refractivity contribution in [3.8, 4) is 0 Å². The summed E-state index contributed by atoms with van der Waals surface area (Å²) in [4.78, 5) is 2.66. The molecular weight excluding hydrogens is 212 g/mol. The highest BCUT2D eigenvalue weighted by molar-refractivity contribution is 4.95. The van der Waals surface area contributed by atoms with Crippen LogP contribution in [-0.4, -0.2) is 49.8 Å². The monoisotopic (exact) mass is 240 g/mol. The molecule has 0 aromatic rings. The van der Waals surface area contributed by atoms with E-state index in [1.165, 1.54) is 45.3 Å². The van der Waals surface area contributed by atoms with Gasteiger partial charge in [0.25, 0.3) is 0 Å². The highest BCUT2D eigenvalue weighted by Crippen LogP contribution is 2.31. The Morgan fingerprint density at radius 1 is 1.47 bits per heavy atom. The van der Waals surface area contributed by atoms with E-state index in [4.69, 9.17) is 4.74 Å². The third-order valence-electron chi connectivity index (χ3n) is 4.53. The van der Waals surface area contributed by atoms with Crippen molar-refractivity contribution in [2.24, 2.45) is 5.92 Å². The number of methoxy groups -OCH3 is 1. The summed E-state index contributed by atoms with van der Waals surface area (Å²) in [5.41, 5.74) is 0.217. The van der Waals surface area contributed by atoms with E-state index in [2.05, 4.69) is 24.1 Å². The summed E-state index contributed by atoms with van der Waals surface area (Å²) in [6.45, 7) is 9.14. The Labute approximate surface area is 106 Å². The first-order valence-corrected chi connectivity index (χ1v) is 7.15. The van der Waals surface area contributed by atoms with E-state index in [0.717, 1.165) is 18.6 Å². The van der Waals surface area contributed by atoms with Crippen LogP contribution in [0.4, 0.5) is 0 Å². The first-order chi connectivity index (χ1) is 8.17. The van der Waals surface area contributed by atoms with Crippen LogP contribution in [0.15, 0.2) is 0 Å². The summed E-state index contributed by atoms with van der Waals surface area (Å²) in [5.74, 6) is 0.840. The highest BCUT2D eigenvalue weighted by atomic mass is 16.5. The molecule has 17 heavy (non-hydrogen) atoms. The predicted octanol–water partition coefficient (Wildman–Crippen LogP) is 1.88. The Morgan fingerprint density at radius 3 is 3.00 bits per heavy atom. The maximum absolute atomic E-state index is 5.32. The van der Waals surface area contributed by atoms with Gasteiger partial charge in [-0.2, -0.15) is 0 Å². The Balaban J connectivity index is 1.81. The van der Waals surface area contributed by atoms with Crippen molar-refractivity contribution in [2.75, 3.05) is 33.4 Å². The second-order valence-corrected chi connectivity index (χ2v) is 6.11. The molecule has 2 fully saturated rings. The number of rotatable bonds is 5. The molecule has 0 amide bonds. The third-order valence-corrected chi connectivity index (χ3v) is 4.53. The highest BCUT2D eigenvalue weighted by Gasteiger charge is 2.36. The number of hydrogen-bond acceptors (Lipinski definition) is 3. The second-order valence-electron chi connectivity index (χ2n) is 6.11. The van der Waals surface area contributed by atoms with E-state index in [-0.39, 0.29) is 5.54 Å². The summed E-state index contributed by atoms with van der Waals surface area (Å²) in [5, 5.41) is 3.65. The van der Waals surface area contributed by atoms with Gasteiger partial charge in [-0.25, -0.2) is 0 Å². The minimum atomic E-state index is 0.217. The molecule has 0 bridgehead atoms. The summed E-state index contributed by atoms with van der Waals surface area (Å²) in [7, 11) is 1.80. The molecule has 0 saturated carbocycles. The fourth-order valence-corrected chi connectivity index (χ4v) is 3.73. The average molecular weight is 240 g/mol. The zero-order chi connectivity index (χ0) is 12.3. The number of nitrogens with one attached hydrogen (secondary N) is 1. The summed E-state index contributed by atoms with van der Waals surface area (Å²) in [6.07, 6.45) is 5.45. The van der Waals surface area contributed by atoms with Crippen LogP contribution in [0.3, 0.4) is 0 Å². The SMILES string of the molecule is CCN1CCCC1CC1CNC(C)(COC)C1. The lowest BCUT2D eigenvalue weighted by atomic mass is 9.90. The molecule has 0 radical (unpaired) electrons. The summed E-state index contributed by atoms with van der Waals surface area (Å²) in [6, 6.07) is 0.844. The fraction of sp³-hybridized carbons (Fsp3) is 1.00. The van der Waals surface area contributed by atoms with Crippen LogP contribution in [0.5, 0.6) is 0 Å². The molecule has 3 atom stereocenters. The number of nitrogens with zero attached hydrogens (tertiary/aromatic N) is 1. The second kappa shape index (κ2) is 5.68. The van der Waals surface area contributed by atoms with Crippen LogP contribution < -0.4 is 5.32 Å². The maximum Gasteiger partial charge on any atom is 0.0641 e. The molecule has 3 heteroatoms. The Kier molecular flexibility index (Phi) is 4.45. The van der Waals surface area contributed by atoms with Crippen molar-refractivity contribution in [3.63, 3.8) is 0 Å². The smallest absolute Gasteiger partial charge is 0.0641 e. The maximum atomic E-state index is 5.32. The number of ether oxygens (including phenoxy) is 1. The summed E-state index contributed by atoms with van der Waals surface area (Å²) < 4.78 is 5.32. The molecule has 0 aromatic heterocycles. The minimum absolute atomic E-state index is 0.217. The molecule has 2 heterocycles. The van der Waals surface area contributed by atoms with E-state index >= 15 is 0 Å². The van der Waals surface area contributed by atoms with Gasteiger partial charge in [0, 0.05) is 18.7 Å². The molecule has 100 valence electrons. The molecule has 2 rings (SSSR count). The van der Waals surface area contributed by atoms with Gasteiger partial charge in [-0.05, 0) is 58.2 Å². The lowest BCUT2D eigenvalue weighted by Gasteiger charge is -2.26. The van der Waals surface area contributed by atoms with Gasteiger partial charge in [0.2, 0.25) is 0 Å². The van der Waals surface area contributed by atoms with Gasteiger partial charge in [-0.1, -0.05) is 6.92 Å². The van der Waals surface area contributed by atoms with Crippen molar-refractivity contribution in [2.45, 2.75) is 51.1 Å². The Morgan fingerprint density at radius 2 is 2.29 bits per heavy atom. The van der Waals surface area contributed by atoms with E-state index in [1.54, 1.807) is 7.11 Å². The van der Waals surface area contributed by atoms with Crippen LogP contribution in [0.1, 0.15) is 39.5 Å². The standard InChI is InChI=1S/C14H28N2O/c1-4-16-7-5-6-13(16)8-12-9-14(2,11-17-3)15-10-12/h12-13,15H,4-11H2,1-3H3. The first-order valence-electron chi connectivity index (χ1n) is 7.15. The van der Waals surface area contributed by atoms with Crippen molar-refractivity contribution < 1.29 is 4.74 Å². The van der Waals surface area contributed by atoms with Gasteiger partial charge in [0.1, 0.15) is 0 Å². The van der Waals surface area contributed by atoms with Gasteiger partial charge in [-0.3, -0.25) is 0 Å². The van der Waals surface area contributed by atoms with E-state index in [0.29, 0.717) is 0 Å². The molecular formula is C14H28N2O. The minimum Gasteiger partial charge on any atom is -0.383 e. The summed E-state index contributed by atoms with van der Waals surface area (Å²) >= 11 is 0. The van der Waals surface area contributed by atoms with Crippen LogP contribution in [-0.2, 0) is 4.74 Å². The molecule has 2 aliphatic rings. The van der Waals surface area contributed by atoms with Crippen molar-refractivity contribution in [3.05, 3.63) is 0 Å². The quantitative estimate of drug-likeness (QED) is 0.794. The number of hydrogen-bond donors (Lipinski definition) is 1. The van der Waals surface area contributed by atoms with E-state index in [9.17, 15) is 0 Å². The van der Waals surface area contributed by atoms with E-state index < -0.39 is 0 Å². The largest absolute Gasteiger partial charge is 0.383 e. The zero-order valence-electron chi connectivity index (χ0n) is 11.7. The lowest BCUT2D eigenvalue weighted by molar-refractivity contribution is 0.126. The molecule has 1 N–H and O–H groups in total.